The first kappa shape index (κ1) is 13.3. The summed E-state index contributed by atoms with van der Waals surface area (Å²) in [4.78, 5) is 24.3. The molecule has 20 heavy (non-hydrogen) atoms. The van der Waals surface area contributed by atoms with E-state index in [2.05, 4.69) is 0 Å². The zero-order chi connectivity index (χ0) is 14.7. The summed E-state index contributed by atoms with van der Waals surface area (Å²) in [6.07, 6.45) is 5.29. The lowest BCUT2D eigenvalue weighted by Gasteiger charge is -2.41. The van der Waals surface area contributed by atoms with Gasteiger partial charge in [0.2, 0.25) is 5.78 Å². The fourth-order valence-corrected chi connectivity index (χ4v) is 3.66. The molecule has 3 aliphatic carbocycles. The van der Waals surface area contributed by atoms with Gasteiger partial charge in [0.25, 0.3) is 0 Å². The maximum atomic E-state index is 12.8. The van der Waals surface area contributed by atoms with Crippen LogP contribution >= 0.6 is 0 Å². The van der Waals surface area contributed by atoms with Crippen molar-refractivity contribution in [2.75, 3.05) is 6.61 Å². The third kappa shape index (κ3) is 1.45. The smallest absolute Gasteiger partial charge is 0.303 e. The molecule has 0 radical (unpaired) electrons. The zero-order valence-corrected chi connectivity index (χ0v) is 11.9. The monoisotopic (exact) mass is 274 g/mol. The Morgan fingerprint density at radius 1 is 1.40 bits per heavy atom. The minimum Gasteiger partial charge on any atom is -0.450 e. The molecular formula is C16H18O4. The highest BCUT2D eigenvalue weighted by molar-refractivity contribution is 6.11. The molecule has 3 rings (SSSR count). The van der Waals surface area contributed by atoms with Crippen molar-refractivity contribution in [1.29, 1.82) is 0 Å². The number of aliphatic hydroxyl groups excluding tert-OH is 1. The van der Waals surface area contributed by atoms with Crippen LogP contribution in [0.3, 0.4) is 0 Å². The van der Waals surface area contributed by atoms with E-state index in [1.54, 1.807) is 13.0 Å². The van der Waals surface area contributed by atoms with Crippen LogP contribution in [0.15, 0.2) is 34.4 Å². The van der Waals surface area contributed by atoms with Gasteiger partial charge in [0.05, 0.1) is 6.61 Å². The predicted octanol–water partition coefficient (Wildman–Crippen LogP) is 1.85. The minimum absolute atomic E-state index is 0.0924. The average molecular weight is 274 g/mol. The van der Waals surface area contributed by atoms with Crippen LogP contribution in [0.2, 0.25) is 0 Å². The minimum atomic E-state index is -1.11. The first-order valence-corrected chi connectivity index (χ1v) is 6.85. The van der Waals surface area contributed by atoms with Crippen molar-refractivity contribution in [1.82, 2.24) is 0 Å². The van der Waals surface area contributed by atoms with E-state index in [-0.39, 0.29) is 17.8 Å². The van der Waals surface area contributed by atoms with E-state index in [0.717, 1.165) is 29.6 Å². The lowest BCUT2D eigenvalue weighted by Crippen LogP contribution is -2.52. The second-order valence-electron chi connectivity index (χ2n) is 6.01. The number of aliphatic hydroxyl groups is 1. The van der Waals surface area contributed by atoms with E-state index >= 15 is 0 Å². The van der Waals surface area contributed by atoms with Crippen molar-refractivity contribution in [3.05, 3.63) is 34.4 Å². The van der Waals surface area contributed by atoms with Crippen LogP contribution in [0.25, 0.3) is 0 Å². The largest absolute Gasteiger partial charge is 0.450 e. The van der Waals surface area contributed by atoms with E-state index in [1.165, 1.54) is 6.92 Å². The second-order valence-corrected chi connectivity index (χ2v) is 6.01. The molecule has 0 bridgehead atoms. The van der Waals surface area contributed by atoms with Gasteiger partial charge in [0.1, 0.15) is 0 Å². The van der Waals surface area contributed by atoms with Crippen LogP contribution < -0.4 is 0 Å². The Hall–Kier alpha value is -1.68. The number of carbonyl (C=O) groups is 2. The van der Waals surface area contributed by atoms with Gasteiger partial charge in [0, 0.05) is 17.9 Å². The number of hydrogen-bond acceptors (Lipinski definition) is 4. The van der Waals surface area contributed by atoms with Gasteiger partial charge in [-0.15, -0.1) is 0 Å². The van der Waals surface area contributed by atoms with Crippen LogP contribution in [0.1, 0.15) is 33.6 Å². The third-order valence-electron chi connectivity index (χ3n) is 4.94. The van der Waals surface area contributed by atoms with E-state index in [0.29, 0.717) is 5.57 Å². The molecule has 0 heterocycles. The number of Topliss-reactive ketones (excluding diaryl/α,β-unsaturated/α-hetero) is 1. The van der Waals surface area contributed by atoms with Gasteiger partial charge in [0.15, 0.2) is 5.60 Å². The van der Waals surface area contributed by atoms with Crippen molar-refractivity contribution in [3.63, 3.8) is 0 Å². The molecule has 0 unspecified atom stereocenters. The molecule has 106 valence electrons. The number of carbonyl (C=O) groups excluding carboxylic acids is 2. The topological polar surface area (TPSA) is 63.6 Å². The molecule has 0 amide bonds. The highest BCUT2D eigenvalue weighted by Crippen LogP contribution is 2.65. The van der Waals surface area contributed by atoms with Gasteiger partial charge in [-0.1, -0.05) is 5.57 Å². The lowest BCUT2D eigenvalue weighted by molar-refractivity contribution is -0.169. The number of esters is 1. The Balaban J connectivity index is 2.17. The van der Waals surface area contributed by atoms with Gasteiger partial charge >= 0.3 is 5.97 Å². The summed E-state index contributed by atoms with van der Waals surface area (Å²) in [6, 6.07) is 0. The number of rotatable bonds is 2. The van der Waals surface area contributed by atoms with Crippen molar-refractivity contribution in [3.8, 4) is 0 Å². The molecule has 1 spiro atoms. The Morgan fingerprint density at radius 2 is 2.05 bits per heavy atom. The van der Waals surface area contributed by atoms with Crippen LogP contribution in [-0.2, 0) is 14.3 Å². The normalized spacial score (nSPS) is 30.1. The predicted molar refractivity (Wildman–Crippen MR) is 72.8 cm³/mol. The summed E-state index contributed by atoms with van der Waals surface area (Å²) in [7, 11) is 0. The first-order chi connectivity index (χ1) is 9.35. The summed E-state index contributed by atoms with van der Waals surface area (Å²) < 4.78 is 5.47. The Labute approximate surface area is 117 Å². The maximum absolute atomic E-state index is 12.8. The van der Waals surface area contributed by atoms with Crippen molar-refractivity contribution in [2.45, 2.75) is 39.2 Å². The molecule has 4 nitrogen and oxygen atoms in total. The second kappa shape index (κ2) is 3.92. The highest BCUT2D eigenvalue weighted by atomic mass is 16.6. The highest BCUT2D eigenvalue weighted by Gasteiger charge is 2.67. The quantitative estimate of drug-likeness (QED) is 0.780. The third-order valence-corrected chi connectivity index (χ3v) is 4.94. The summed E-state index contributed by atoms with van der Waals surface area (Å²) in [5.74, 6) is -0.581. The molecule has 1 saturated carbocycles. The number of fused-ring (bicyclic) bond motifs is 1. The summed E-state index contributed by atoms with van der Waals surface area (Å²) in [5, 5.41) is 9.27. The van der Waals surface area contributed by atoms with Crippen LogP contribution in [0, 0.1) is 5.41 Å². The van der Waals surface area contributed by atoms with Gasteiger partial charge < -0.3 is 9.84 Å². The van der Waals surface area contributed by atoms with E-state index < -0.39 is 11.6 Å². The molecule has 0 aliphatic heterocycles. The zero-order valence-electron chi connectivity index (χ0n) is 11.9. The molecule has 0 aromatic carbocycles. The van der Waals surface area contributed by atoms with Gasteiger partial charge in [-0.3, -0.25) is 9.59 Å². The van der Waals surface area contributed by atoms with Gasteiger partial charge in [-0.05, 0) is 50.0 Å². The first-order valence-electron chi connectivity index (χ1n) is 6.85. The summed E-state index contributed by atoms with van der Waals surface area (Å²) in [6.45, 7) is 4.97. The van der Waals surface area contributed by atoms with Crippen molar-refractivity contribution >= 4 is 11.8 Å². The molecule has 3 aliphatic rings. The molecule has 0 saturated heterocycles. The fourth-order valence-electron chi connectivity index (χ4n) is 3.66. The molecule has 1 atom stereocenters. The van der Waals surface area contributed by atoms with Gasteiger partial charge in [-0.25, -0.2) is 0 Å². The Kier molecular flexibility index (Phi) is 2.61. The van der Waals surface area contributed by atoms with Crippen LogP contribution in [0.4, 0.5) is 0 Å². The molecule has 4 heteroatoms. The van der Waals surface area contributed by atoms with E-state index in [4.69, 9.17) is 4.74 Å². The molecular weight excluding hydrogens is 256 g/mol. The number of ether oxygens (including phenoxy) is 1. The van der Waals surface area contributed by atoms with Gasteiger partial charge in [-0.2, -0.15) is 0 Å². The lowest BCUT2D eigenvalue weighted by atomic mass is 9.68. The fraction of sp³-hybridized carbons (Fsp3) is 0.500. The van der Waals surface area contributed by atoms with Crippen molar-refractivity contribution < 1.29 is 19.4 Å². The molecule has 0 aromatic rings. The van der Waals surface area contributed by atoms with Crippen LogP contribution in [-0.4, -0.2) is 29.1 Å². The van der Waals surface area contributed by atoms with E-state index in [9.17, 15) is 14.7 Å². The summed E-state index contributed by atoms with van der Waals surface area (Å²) >= 11 is 0. The molecule has 1 N–H and O–H groups in total. The SMILES string of the molecule is CC(=O)O[C@@]1(C)C(=O)C2=CC(CO)=CC2=C(C)C12CC2. The average Bonchev–Trinajstić information content (AvgIpc) is 3.08. The summed E-state index contributed by atoms with van der Waals surface area (Å²) in [5.41, 5.74) is 1.82. The number of ketones is 1. The molecule has 1 fully saturated rings. The Bertz CT molecular complexity index is 616. The van der Waals surface area contributed by atoms with Crippen LogP contribution in [0.5, 0.6) is 0 Å². The standard InChI is InChI=1S/C16H18O4/c1-9-12-6-11(8-17)7-13(12)14(19)15(3,20-10(2)18)16(9)4-5-16/h6-7,17H,4-5,8H2,1-3H3/t15-/m0/s1. The van der Waals surface area contributed by atoms with Crippen molar-refractivity contribution in [2.24, 2.45) is 5.41 Å². The number of allylic oxidation sites excluding steroid dienone is 2. The maximum Gasteiger partial charge on any atom is 0.303 e. The Morgan fingerprint density at radius 3 is 2.55 bits per heavy atom. The molecule has 0 aromatic heterocycles. The van der Waals surface area contributed by atoms with E-state index in [1.807, 2.05) is 13.0 Å². The number of hydrogen-bond donors (Lipinski definition) is 1.